The van der Waals surface area contributed by atoms with Crippen LogP contribution >= 0.6 is 12.2 Å². The van der Waals surface area contributed by atoms with Crippen molar-refractivity contribution in [2.24, 2.45) is 5.92 Å². The largest absolute Gasteiger partial charge is 0.355 e. The van der Waals surface area contributed by atoms with Crippen LogP contribution in [0.3, 0.4) is 0 Å². The van der Waals surface area contributed by atoms with Crippen LogP contribution < -0.4 is 5.32 Å². The van der Waals surface area contributed by atoms with E-state index in [4.69, 9.17) is 12.2 Å². The maximum atomic E-state index is 13.1. The van der Waals surface area contributed by atoms with Gasteiger partial charge >= 0.3 is 0 Å². The average molecular weight is 442 g/mol. The van der Waals surface area contributed by atoms with Gasteiger partial charge in [-0.15, -0.1) is 0 Å². The van der Waals surface area contributed by atoms with Gasteiger partial charge in [-0.05, 0) is 56.2 Å². The molecule has 1 aliphatic heterocycles. The number of hydrogen-bond donors (Lipinski definition) is 2. The first kappa shape index (κ1) is 21.6. The lowest BCUT2D eigenvalue weighted by atomic mass is 9.99. The van der Waals surface area contributed by atoms with E-state index in [1.54, 1.807) is 0 Å². The Morgan fingerprint density at radius 1 is 1.38 bits per heavy atom. The fourth-order valence-corrected chi connectivity index (χ4v) is 5.24. The number of carbonyl (C=O) groups is 1. The van der Waals surface area contributed by atoms with Crippen LogP contribution in [-0.4, -0.2) is 53.0 Å². The molecule has 0 radical (unpaired) electrons. The second kappa shape index (κ2) is 9.14. The molecule has 29 heavy (non-hydrogen) atoms. The number of benzene rings is 1. The van der Waals surface area contributed by atoms with Gasteiger partial charge in [-0.2, -0.15) is 9.40 Å². The molecule has 1 aromatic heterocycles. The molecule has 1 aromatic carbocycles. The summed E-state index contributed by atoms with van der Waals surface area (Å²) in [6.07, 6.45) is 1.74. The molecule has 1 fully saturated rings. The zero-order valence-electron chi connectivity index (χ0n) is 16.1. The first-order valence-electron chi connectivity index (χ1n) is 9.50. The molecule has 0 spiro atoms. The van der Waals surface area contributed by atoms with Crippen LogP contribution in [0.5, 0.6) is 0 Å². The second-order valence-electron chi connectivity index (χ2n) is 6.89. The lowest BCUT2D eigenvalue weighted by molar-refractivity contribution is -0.126. The van der Waals surface area contributed by atoms with E-state index in [9.17, 15) is 17.6 Å². The number of aromatic nitrogens is 3. The first-order chi connectivity index (χ1) is 13.8. The summed E-state index contributed by atoms with van der Waals surface area (Å²) in [5.41, 5.74) is 0. The van der Waals surface area contributed by atoms with Gasteiger partial charge in [-0.25, -0.2) is 12.8 Å². The molecule has 1 unspecified atom stereocenters. The van der Waals surface area contributed by atoms with E-state index in [2.05, 4.69) is 15.5 Å². The minimum Gasteiger partial charge on any atom is -0.355 e. The molecule has 0 saturated carbocycles. The molecule has 2 aromatic rings. The van der Waals surface area contributed by atoms with Crippen molar-refractivity contribution in [3.63, 3.8) is 0 Å². The van der Waals surface area contributed by atoms with E-state index in [0.717, 1.165) is 18.0 Å². The van der Waals surface area contributed by atoms with Crippen LogP contribution in [0.25, 0.3) is 0 Å². The van der Waals surface area contributed by atoms with Crippen molar-refractivity contribution in [2.45, 2.75) is 37.6 Å². The van der Waals surface area contributed by atoms with Crippen LogP contribution in [-0.2, 0) is 27.8 Å². The third-order valence-electron chi connectivity index (χ3n) is 5.01. The van der Waals surface area contributed by atoms with Crippen molar-refractivity contribution in [3.05, 3.63) is 40.7 Å². The maximum absolute atomic E-state index is 13.1. The van der Waals surface area contributed by atoms with E-state index in [1.807, 2.05) is 11.5 Å². The highest BCUT2D eigenvalue weighted by molar-refractivity contribution is 7.89. The number of aromatic amines is 1. The summed E-state index contributed by atoms with van der Waals surface area (Å²) < 4.78 is 42.4. The quantitative estimate of drug-likeness (QED) is 0.639. The molecule has 2 heterocycles. The Kier molecular flexibility index (Phi) is 6.81. The number of rotatable bonds is 7. The Balaban J connectivity index is 1.59. The summed E-state index contributed by atoms with van der Waals surface area (Å²) >= 11 is 5.15. The summed E-state index contributed by atoms with van der Waals surface area (Å²) in [6.45, 7) is 3.50. The molecule has 1 saturated heterocycles. The fraction of sp³-hybridized carbons (Fsp3) is 0.500. The Labute approximate surface area is 174 Å². The Hall–Kier alpha value is -2.11. The number of carbonyl (C=O) groups excluding carboxylic acids is 1. The van der Waals surface area contributed by atoms with Crippen molar-refractivity contribution in [1.82, 2.24) is 24.4 Å². The van der Waals surface area contributed by atoms with Crippen molar-refractivity contribution < 1.29 is 17.6 Å². The molecule has 1 aliphatic rings. The molecule has 158 valence electrons. The SMILES string of the molecule is CCn1c(CCNC(=O)C2CCCN(S(=O)(=O)c3ccc(F)cc3)C2)n[nH]c1=S. The molecule has 0 aliphatic carbocycles. The number of H-pyrrole nitrogens is 1. The number of halogens is 1. The van der Waals surface area contributed by atoms with Crippen molar-refractivity contribution in [3.8, 4) is 0 Å². The summed E-state index contributed by atoms with van der Waals surface area (Å²) in [4.78, 5) is 12.6. The molecule has 3 rings (SSSR count). The van der Waals surface area contributed by atoms with Crippen LogP contribution in [0.15, 0.2) is 29.2 Å². The van der Waals surface area contributed by atoms with E-state index >= 15 is 0 Å². The highest BCUT2D eigenvalue weighted by Gasteiger charge is 2.33. The number of piperidine rings is 1. The topological polar surface area (TPSA) is 100 Å². The molecule has 11 heteroatoms. The third-order valence-corrected chi connectivity index (χ3v) is 7.20. The van der Waals surface area contributed by atoms with E-state index < -0.39 is 21.8 Å². The summed E-state index contributed by atoms with van der Waals surface area (Å²) in [5, 5.41) is 9.77. The minimum atomic E-state index is -3.76. The van der Waals surface area contributed by atoms with Crippen molar-refractivity contribution >= 4 is 28.1 Å². The summed E-state index contributed by atoms with van der Waals surface area (Å²) in [7, 11) is -3.76. The van der Waals surface area contributed by atoms with Gasteiger partial charge in [0.1, 0.15) is 11.6 Å². The number of nitrogens with zero attached hydrogens (tertiary/aromatic N) is 3. The zero-order chi connectivity index (χ0) is 21.0. The van der Waals surface area contributed by atoms with Gasteiger partial charge in [-0.3, -0.25) is 9.89 Å². The van der Waals surface area contributed by atoms with E-state index in [-0.39, 0.29) is 17.3 Å². The maximum Gasteiger partial charge on any atom is 0.243 e. The van der Waals surface area contributed by atoms with E-state index in [1.165, 1.54) is 16.4 Å². The normalized spacial score (nSPS) is 17.9. The Morgan fingerprint density at radius 2 is 2.10 bits per heavy atom. The first-order valence-corrected chi connectivity index (χ1v) is 11.3. The van der Waals surface area contributed by atoms with Gasteiger partial charge in [0.25, 0.3) is 0 Å². The van der Waals surface area contributed by atoms with Crippen molar-refractivity contribution in [1.29, 1.82) is 0 Å². The van der Waals surface area contributed by atoms with Crippen LogP contribution in [0.2, 0.25) is 0 Å². The molecular weight excluding hydrogens is 417 g/mol. The number of nitrogens with one attached hydrogen (secondary N) is 2. The molecule has 2 N–H and O–H groups in total. The number of hydrogen-bond acceptors (Lipinski definition) is 5. The molecule has 8 nitrogen and oxygen atoms in total. The summed E-state index contributed by atoms with van der Waals surface area (Å²) in [5.74, 6) is -0.335. The molecule has 0 bridgehead atoms. The molecular formula is C18H24FN5O3S2. The molecule has 1 atom stereocenters. The van der Waals surface area contributed by atoms with Gasteiger partial charge in [0.15, 0.2) is 4.77 Å². The number of sulfonamides is 1. The minimum absolute atomic E-state index is 0.0299. The molecule has 1 amide bonds. The predicted molar refractivity (Wildman–Crippen MR) is 108 cm³/mol. The van der Waals surface area contributed by atoms with Crippen molar-refractivity contribution in [2.75, 3.05) is 19.6 Å². The zero-order valence-corrected chi connectivity index (χ0v) is 17.7. The average Bonchev–Trinajstić information content (AvgIpc) is 3.07. The predicted octanol–water partition coefficient (Wildman–Crippen LogP) is 1.86. The Morgan fingerprint density at radius 3 is 2.79 bits per heavy atom. The van der Waals surface area contributed by atoms with Gasteiger partial charge in [-0.1, -0.05) is 0 Å². The lowest BCUT2D eigenvalue weighted by Gasteiger charge is -2.31. The van der Waals surface area contributed by atoms with Crippen LogP contribution in [0.1, 0.15) is 25.6 Å². The lowest BCUT2D eigenvalue weighted by Crippen LogP contribution is -2.45. The van der Waals surface area contributed by atoms with Gasteiger partial charge < -0.3 is 9.88 Å². The van der Waals surface area contributed by atoms with Gasteiger partial charge in [0, 0.05) is 32.6 Å². The smallest absolute Gasteiger partial charge is 0.243 e. The van der Waals surface area contributed by atoms with Crippen LogP contribution in [0, 0.1) is 16.5 Å². The second-order valence-corrected chi connectivity index (χ2v) is 9.21. The Bertz CT molecular complexity index is 1020. The monoisotopic (exact) mass is 441 g/mol. The highest BCUT2D eigenvalue weighted by Crippen LogP contribution is 2.24. The van der Waals surface area contributed by atoms with Gasteiger partial charge in [0.2, 0.25) is 15.9 Å². The van der Waals surface area contributed by atoms with Gasteiger partial charge in [0.05, 0.1) is 10.8 Å². The highest BCUT2D eigenvalue weighted by atomic mass is 32.2. The third kappa shape index (κ3) is 4.90. The van der Waals surface area contributed by atoms with Crippen LogP contribution in [0.4, 0.5) is 4.39 Å². The number of amides is 1. The standard InChI is InChI=1S/C18H24FN5O3S2/c1-2-24-16(21-22-18(24)28)9-10-20-17(25)13-4-3-11-23(12-13)29(26,27)15-7-5-14(19)6-8-15/h5-8,13H,2-4,9-12H2,1H3,(H,20,25)(H,22,28). The summed E-state index contributed by atoms with van der Waals surface area (Å²) in [6, 6.07) is 4.73. The van der Waals surface area contributed by atoms with E-state index in [0.29, 0.717) is 43.7 Å². The fourth-order valence-electron chi connectivity index (χ4n) is 3.44.